The maximum atomic E-state index is 6.27. The van der Waals surface area contributed by atoms with E-state index in [2.05, 4.69) is 23.2 Å². The highest BCUT2D eigenvalue weighted by Crippen LogP contribution is 2.33. The SMILES string of the molecule is Clc1[nH]ccc2ccc3c4ccccc4nc3c12. The summed E-state index contributed by atoms with van der Waals surface area (Å²) in [5.74, 6) is 0. The summed E-state index contributed by atoms with van der Waals surface area (Å²) < 4.78 is 0. The molecular weight excluding hydrogens is 244 g/mol. The molecule has 0 aliphatic carbocycles. The minimum Gasteiger partial charge on any atom is -0.352 e. The highest BCUT2D eigenvalue weighted by Gasteiger charge is 2.10. The van der Waals surface area contributed by atoms with Gasteiger partial charge in [0.1, 0.15) is 5.15 Å². The van der Waals surface area contributed by atoms with Crippen LogP contribution in [0.25, 0.3) is 32.6 Å². The fraction of sp³-hybridized carbons (Fsp3) is 0. The molecule has 0 spiro atoms. The molecule has 2 heterocycles. The quantitative estimate of drug-likeness (QED) is 0.458. The van der Waals surface area contributed by atoms with Gasteiger partial charge in [-0.05, 0) is 17.5 Å². The zero-order valence-corrected chi connectivity index (χ0v) is 10.2. The van der Waals surface area contributed by atoms with Gasteiger partial charge in [-0.1, -0.05) is 41.9 Å². The van der Waals surface area contributed by atoms with Crippen LogP contribution >= 0.6 is 11.6 Å². The van der Waals surface area contributed by atoms with Gasteiger partial charge in [0, 0.05) is 22.4 Å². The summed E-state index contributed by atoms with van der Waals surface area (Å²) in [6.45, 7) is 0. The first-order valence-electron chi connectivity index (χ1n) is 5.78. The van der Waals surface area contributed by atoms with Crippen molar-refractivity contribution in [2.75, 3.05) is 0 Å². The Morgan fingerprint density at radius 2 is 1.83 bits per heavy atom. The Labute approximate surface area is 108 Å². The number of fused-ring (bicyclic) bond motifs is 5. The van der Waals surface area contributed by atoms with Gasteiger partial charge in [-0.2, -0.15) is 0 Å². The second-order valence-electron chi connectivity index (χ2n) is 4.35. The number of para-hydroxylation sites is 1. The summed E-state index contributed by atoms with van der Waals surface area (Å²) in [5.41, 5.74) is 1.98. The summed E-state index contributed by atoms with van der Waals surface area (Å²) >= 11 is 6.27. The standard InChI is InChI=1S/C15H9ClN2/c16-15-13-9(7-8-17-15)5-6-11-10-3-1-2-4-12(10)18-14(11)13/h1-8,17H. The van der Waals surface area contributed by atoms with E-state index in [0.717, 1.165) is 27.2 Å². The summed E-state index contributed by atoms with van der Waals surface area (Å²) in [6, 6.07) is 14.4. The monoisotopic (exact) mass is 252 g/mol. The molecule has 0 amide bonds. The van der Waals surface area contributed by atoms with Crippen molar-refractivity contribution in [3.63, 3.8) is 0 Å². The fourth-order valence-electron chi connectivity index (χ4n) is 2.51. The third-order valence-corrected chi connectivity index (χ3v) is 3.63. The average molecular weight is 253 g/mol. The third kappa shape index (κ3) is 1.21. The maximum absolute atomic E-state index is 6.27. The molecular formula is C15H9ClN2. The van der Waals surface area contributed by atoms with Crippen LogP contribution in [0.4, 0.5) is 0 Å². The minimum absolute atomic E-state index is 0.640. The summed E-state index contributed by atoms with van der Waals surface area (Å²) in [6.07, 6.45) is 1.85. The van der Waals surface area contributed by atoms with Crippen LogP contribution in [0.3, 0.4) is 0 Å². The molecule has 4 rings (SSSR count). The fourth-order valence-corrected chi connectivity index (χ4v) is 2.77. The zero-order valence-electron chi connectivity index (χ0n) is 9.44. The Bertz CT molecular complexity index is 893. The van der Waals surface area contributed by atoms with E-state index >= 15 is 0 Å². The molecule has 18 heavy (non-hydrogen) atoms. The highest BCUT2D eigenvalue weighted by molar-refractivity contribution is 6.37. The van der Waals surface area contributed by atoms with Crippen molar-refractivity contribution in [1.82, 2.24) is 9.97 Å². The van der Waals surface area contributed by atoms with E-state index in [9.17, 15) is 0 Å². The number of hydrogen-bond acceptors (Lipinski definition) is 1. The van der Waals surface area contributed by atoms with Crippen LogP contribution in [0.15, 0.2) is 48.7 Å². The Kier molecular flexibility index (Phi) is 1.91. The van der Waals surface area contributed by atoms with E-state index in [0.29, 0.717) is 5.15 Å². The number of hydrogen-bond donors (Lipinski definition) is 1. The van der Waals surface area contributed by atoms with Gasteiger partial charge in [0.2, 0.25) is 0 Å². The number of benzene rings is 2. The lowest BCUT2D eigenvalue weighted by Gasteiger charge is -2.01. The van der Waals surface area contributed by atoms with Crippen molar-refractivity contribution < 1.29 is 0 Å². The van der Waals surface area contributed by atoms with Gasteiger partial charge in [-0.15, -0.1) is 0 Å². The van der Waals surface area contributed by atoms with Gasteiger partial charge in [0.25, 0.3) is 0 Å². The predicted molar refractivity (Wildman–Crippen MR) is 76.1 cm³/mol. The lowest BCUT2D eigenvalue weighted by molar-refractivity contribution is 1.36. The molecule has 86 valence electrons. The molecule has 0 aliphatic rings. The van der Waals surface area contributed by atoms with Crippen LogP contribution in [0.2, 0.25) is 5.15 Å². The van der Waals surface area contributed by atoms with Crippen molar-refractivity contribution in [3.8, 4) is 0 Å². The van der Waals surface area contributed by atoms with Crippen LogP contribution < -0.4 is 0 Å². The lowest BCUT2D eigenvalue weighted by atomic mass is 10.1. The van der Waals surface area contributed by atoms with Crippen LogP contribution in [-0.4, -0.2) is 9.97 Å². The van der Waals surface area contributed by atoms with E-state index in [1.165, 1.54) is 5.39 Å². The lowest BCUT2D eigenvalue weighted by Crippen LogP contribution is -1.80. The molecule has 0 unspecified atom stereocenters. The van der Waals surface area contributed by atoms with E-state index in [-0.39, 0.29) is 0 Å². The van der Waals surface area contributed by atoms with Crippen molar-refractivity contribution in [1.29, 1.82) is 0 Å². The number of rotatable bonds is 0. The molecule has 0 saturated heterocycles. The second kappa shape index (κ2) is 3.47. The molecule has 1 N–H and O–H groups in total. The Morgan fingerprint density at radius 3 is 2.78 bits per heavy atom. The summed E-state index contributed by atoms with van der Waals surface area (Å²) in [4.78, 5) is 7.74. The number of halogens is 1. The van der Waals surface area contributed by atoms with E-state index in [1.807, 2.05) is 30.5 Å². The van der Waals surface area contributed by atoms with Gasteiger partial charge < -0.3 is 4.98 Å². The number of nitrogens with one attached hydrogen (secondary N) is 1. The molecule has 2 aromatic carbocycles. The zero-order chi connectivity index (χ0) is 12.1. The molecule has 4 aromatic rings. The molecule has 0 fully saturated rings. The molecule has 2 nitrogen and oxygen atoms in total. The summed E-state index contributed by atoms with van der Waals surface area (Å²) in [7, 11) is 0. The first-order chi connectivity index (χ1) is 8.84. The van der Waals surface area contributed by atoms with Crippen LogP contribution in [0.5, 0.6) is 0 Å². The molecule has 0 aliphatic heterocycles. The number of aromatic nitrogens is 2. The van der Waals surface area contributed by atoms with Crippen LogP contribution in [-0.2, 0) is 0 Å². The smallest absolute Gasteiger partial charge is 0.116 e. The van der Waals surface area contributed by atoms with E-state index in [1.54, 1.807) is 0 Å². The number of H-pyrrole nitrogens is 1. The largest absolute Gasteiger partial charge is 0.352 e. The van der Waals surface area contributed by atoms with Gasteiger partial charge in [0.15, 0.2) is 0 Å². The molecule has 0 atom stereocenters. The maximum Gasteiger partial charge on any atom is 0.116 e. The minimum atomic E-state index is 0.640. The Hall–Kier alpha value is -2.06. The third-order valence-electron chi connectivity index (χ3n) is 3.33. The van der Waals surface area contributed by atoms with Gasteiger partial charge in [-0.25, -0.2) is 4.98 Å². The van der Waals surface area contributed by atoms with E-state index < -0.39 is 0 Å². The Balaban J connectivity index is 2.35. The normalized spacial score (nSPS) is 11.6. The van der Waals surface area contributed by atoms with Crippen molar-refractivity contribution in [3.05, 3.63) is 53.8 Å². The van der Waals surface area contributed by atoms with Crippen molar-refractivity contribution >= 4 is 44.2 Å². The molecule has 2 aromatic heterocycles. The van der Waals surface area contributed by atoms with Gasteiger partial charge >= 0.3 is 0 Å². The predicted octanol–water partition coefficient (Wildman–Crippen LogP) is 4.52. The number of pyridine rings is 1. The number of aromatic amines is 1. The molecule has 0 saturated carbocycles. The summed E-state index contributed by atoms with van der Waals surface area (Å²) in [5, 5.41) is 5.07. The second-order valence-corrected chi connectivity index (χ2v) is 4.72. The van der Waals surface area contributed by atoms with E-state index in [4.69, 9.17) is 16.6 Å². The van der Waals surface area contributed by atoms with Crippen LogP contribution in [0.1, 0.15) is 0 Å². The Morgan fingerprint density at radius 1 is 0.944 bits per heavy atom. The first kappa shape index (κ1) is 9.92. The van der Waals surface area contributed by atoms with Crippen molar-refractivity contribution in [2.24, 2.45) is 0 Å². The van der Waals surface area contributed by atoms with Crippen LogP contribution in [0, 0.1) is 0 Å². The van der Waals surface area contributed by atoms with Crippen molar-refractivity contribution in [2.45, 2.75) is 0 Å². The molecule has 3 heteroatoms. The molecule has 0 radical (unpaired) electrons. The first-order valence-corrected chi connectivity index (χ1v) is 6.16. The molecule has 0 bridgehead atoms. The topological polar surface area (TPSA) is 28.7 Å². The highest BCUT2D eigenvalue weighted by atomic mass is 35.5. The number of nitrogens with zero attached hydrogens (tertiary/aromatic N) is 1. The average Bonchev–Trinajstić information content (AvgIpc) is 2.77. The van der Waals surface area contributed by atoms with Gasteiger partial charge in [0.05, 0.1) is 11.0 Å². The van der Waals surface area contributed by atoms with Gasteiger partial charge in [-0.3, -0.25) is 0 Å².